The maximum absolute atomic E-state index is 7.01. The molecular weight excluding hydrogens is 458 g/mol. The first-order chi connectivity index (χ1) is 16.7. The Kier molecular flexibility index (Phi) is 9.85. The topological polar surface area (TPSA) is 39.7 Å². The Balaban J connectivity index is 2.15. The Hall–Kier alpha value is -0.970. The zero-order valence-corrected chi connectivity index (χ0v) is 24.3. The molecule has 35 heavy (non-hydrogen) atoms. The zero-order valence-electron chi connectivity index (χ0n) is 23.5. The summed E-state index contributed by atoms with van der Waals surface area (Å²) in [5, 5.41) is 3.83. The normalized spacial score (nSPS) is 28.8. The SMILES string of the molecule is CCCCNCC1C[C@H]([C@@H](C)C(C)(C)C)C(OC)[C@@H]2Oc3c(OCCCl)ccc(CC)c3[C@]12CC. The highest BCUT2D eigenvalue weighted by molar-refractivity contribution is 6.18. The lowest BCUT2D eigenvalue weighted by Crippen LogP contribution is -2.61. The van der Waals surface area contributed by atoms with Gasteiger partial charge in [0.15, 0.2) is 11.5 Å². The van der Waals surface area contributed by atoms with Crippen LogP contribution >= 0.6 is 11.6 Å². The highest BCUT2D eigenvalue weighted by Gasteiger charge is 2.62. The number of unbranched alkanes of at least 4 members (excludes halogenated alkanes) is 1. The fourth-order valence-electron chi connectivity index (χ4n) is 6.80. The summed E-state index contributed by atoms with van der Waals surface area (Å²) < 4.78 is 19.5. The molecule has 1 fully saturated rings. The summed E-state index contributed by atoms with van der Waals surface area (Å²) in [5.41, 5.74) is 2.83. The number of ether oxygens (including phenoxy) is 3. The van der Waals surface area contributed by atoms with Crippen molar-refractivity contribution in [2.24, 2.45) is 23.2 Å². The molecule has 2 unspecified atom stereocenters. The lowest BCUT2D eigenvalue weighted by molar-refractivity contribution is -0.128. The van der Waals surface area contributed by atoms with E-state index in [4.69, 9.17) is 25.8 Å². The fourth-order valence-corrected chi connectivity index (χ4v) is 6.87. The van der Waals surface area contributed by atoms with E-state index in [1.807, 2.05) is 7.11 Å². The van der Waals surface area contributed by atoms with Crippen molar-refractivity contribution in [2.75, 3.05) is 32.7 Å². The number of hydrogen-bond acceptors (Lipinski definition) is 4. The summed E-state index contributed by atoms with van der Waals surface area (Å²) in [7, 11) is 1.88. The molecule has 1 heterocycles. The number of hydrogen-bond donors (Lipinski definition) is 1. The van der Waals surface area contributed by atoms with Gasteiger partial charge in [-0.2, -0.15) is 0 Å². The molecule has 4 nitrogen and oxygen atoms in total. The molecule has 0 radical (unpaired) electrons. The van der Waals surface area contributed by atoms with Crippen LogP contribution in [-0.4, -0.2) is 44.9 Å². The van der Waals surface area contributed by atoms with Gasteiger partial charge in [-0.05, 0) is 73.6 Å². The van der Waals surface area contributed by atoms with Crippen LogP contribution in [0.4, 0.5) is 0 Å². The first kappa shape index (κ1) is 28.6. The van der Waals surface area contributed by atoms with Crippen molar-refractivity contribution in [3.63, 3.8) is 0 Å². The van der Waals surface area contributed by atoms with Crippen LogP contribution in [0.25, 0.3) is 0 Å². The molecule has 1 N–H and O–H groups in total. The van der Waals surface area contributed by atoms with Gasteiger partial charge in [0.2, 0.25) is 0 Å². The molecule has 1 aliphatic heterocycles. The summed E-state index contributed by atoms with van der Waals surface area (Å²) in [6.45, 7) is 18.9. The Bertz CT molecular complexity index is 823. The molecule has 0 bridgehead atoms. The van der Waals surface area contributed by atoms with Crippen molar-refractivity contribution in [1.82, 2.24) is 5.32 Å². The Morgan fingerprint density at radius 1 is 1.23 bits per heavy atom. The molecule has 0 spiro atoms. The summed E-state index contributed by atoms with van der Waals surface area (Å²) >= 11 is 5.99. The number of alkyl halides is 1. The lowest BCUT2D eigenvalue weighted by Gasteiger charge is -2.54. The predicted octanol–water partition coefficient (Wildman–Crippen LogP) is 7.00. The smallest absolute Gasteiger partial charge is 0.165 e. The molecular formula is C30H50ClNO3. The summed E-state index contributed by atoms with van der Waals surface area (Å²) in [6, 6.07) is 4.33. The third kappa shape index (κ3) is 5.36. The maximum atomic E-state index is 7.01. The van der Waals surface area contributed by atoms with E-state index in [9.17, 15) is 0 Å². The van der Waals surface area contributed by atoms with E-state index in [1.165, 1.54) is 24.0 Å². The van der Waals surface area contributed by atoms with Gasteiger partial charge in [-0.3, -0.25) is 0 Å². The van der Waals surface area contributed by atoms with Crippen molar-refractivity contribution >= 4 is 11.6 Å². The van der Waals surface area contributed by atoms with E-state index >= 15 is 0 Å². The van der Waals surface area contributed by atoms with Gasteiger partial charge in [0.1, 0.15) is 12.7 Å². The number of nitrogens with one attached hydrogen (secondary N) is 1. The quantitative estimate of drug-likeness (QED) is 0.244. The van der Waals surface area contributed by atoms with Crippen LogP contribution in [-0.2, 0) is 16.6 Å². The van der Waals surface area contributed by atoms with Gasteiger partial charge in [-0.1, -0.05) is 61.0 Å². The third-order valence-electron chi connectivity index (χ3n) is 9.11. The maximum Gasteiger partial charge on any atom is 0.165 e. The minimum atomic E-state index is -0.102. The number of fused-ring (bicyclic) bond motifs is 3. The van der Waals surface area contributed by atoms with Crippen LogP contribution in [0, 0.1) is 23.2 Å². The second kappa shape index (κ2) is 12.0. The Morgan fingerprint density at radius 2 is 1.97 bits per heavy atom. The number of methoxy groups -OCH3 is 1. The molecule has 1 aromatic carbocycles. The Morgan fingerprint density at radius 3 is 2.54 bits per heavy atom. The number of aryl methyl sites for hydroxylation is 1. The highest BCUT2D eigenvalue weighted by Crippen LogP contribution is 2.61. The van der Waals surface area contributed by atoms with Crippen molar-refractivity contribution in [1.29, 1.82) is 0 Å². The minimum Gasteiger partial charge on any atom is -0.488 e. The van der Waals surface area contributed by atoms with E-state index in [0.717, 1.165) is 43.9 Å². The molecule has 0 amide bonds. The van der Waals surface area contributed by atoms with E-state index < -0.39 is 0 Å². The average molecular weight is 508 g/mol. The zero-order chi connectivity index (χ0) is 25.8. The number of benzene rings is 1. The van der Waals surface area contributed by atoms with Crippen molar-refractivity contribution in [3.05, 3.63) is 23.3 Å². The monoisotopic (exact) mass is 507 g/mol. The largest absolute Gasteiger partial charge is 0.488 e. The van der Waals surface area contributed by atoms with Crippen LogP contribution in [0.15, 0.2) is 12.1 Å². The molecule has 1 aliphatic carbocycles. The van der Waals surface area contributed by atoms with E-state index in [-0.39, 0.29) is 23.0 Å². The minimum absolute atomic E-state index is 0.0277. The summed E-state index contributed by atoms with van der Waals surface area (Å²) in [6.07, 6.45) is 5.57. The van der Waals surface area contributed by atoms with Gasteiger partial charge in [0.05, 0.1) is 12.0 Å². The van der Waals surface area contributed by atoms with Crippen LogP contribution in [0.3, 0.4) is 0 Å². The van der Waals surface area contributed by atoms with Crippen molar-refractivity contribution in [2.45, 2.75) is 98.2 Å². The molecule has 6 atom stereocenters. The van der Waals surface area contributed by atoms with Gasteiger partial charge >= 0.3 is 0 Å². The highest BCUT2D eigenvalue weighted by atomic mass is 35.5. The molecule has 0 saturated heterocycles. The van der Waals surface area contributed by atoms with E-state index in [0.29, 0.717) is 30.2 Å². The Labute approximate surface area is 219 Å². The van der Waals surface area contributed by atoms with E-state index in [1.54, 1.807) is 0 Å². The van der Waals surface area contributed by atoms with Gasteiger partial charge < -0.3 is 19.5 Å². The van der Waals surface area contributed by atoms with Crippen LogP contribution < -0.4 is 14.8 Å². The van der Waals surface area contributed by atoms with Crippen LogP contribution in [0.2, 0.25) is 0 Å². The van der Waals surface area contributed by atoms with Crippen molar-refractivity contribution < 1.29 is 14.2 Å². The summed E-state index contributed by atoms with van der Waals surface area (Å²) in [5.74, 6) is 3.62. The molecule has 1 saturated carbocycles. The van der Waals surface area contributed by atoms with Crippen LogP contribution in [0.5, 0.6) is 11.5 Å². The van der Waals surface area contributed by atoms with Gasteiger partial charge in [-0.15, -0.1) is 11.6 Å². The number of halogens is 1. The molecule has 3 rings (SSSR count). The first-order valence-electron chi connectivity index (χ1n) is 14.0. The standard InChI is InChI=1S/C30H50ClNO3/c1-9-12-16-32-19-22-18-23(20(4)29(5,6)7)26(33-8)28-30(22,11-3)25-21(10-2)13-14-24(27(25)35-28)34-17-15-31/h13-14,20,22-23,26,28,32H,9-12,15-19H2,1-8H3/t20-,22?,23-,26?,28+,30+/m1/s1. The molecule has 5 heteroatoms. The molecule has 200 valence electrons. The summed E-state index contributed by atoms with van der Waals surface area (Å²) in [4.78, 5) is 0. The molecule has 1 aromatic rings. The second-order valence-electron chi connectivity index (χ2n) is 11.8. The molecule has 0 aromatic heterocycles. The van der Waals surface area contributed by atoms with Gasteiger partial charge in [0.25, 0.3) is 0 Å². The fraction of sp³-hybridized carbons (Fsp3) is 0.800. The third-order valence-corrected chi connectivity index (χ3v) is 9.26. The van der Waals surface area contributed by atoms with E-state index in [2.05, 4.69) is 65.9 Å². The van der Waals surface area contributed by atoms with Gasteiger partial charge in [0, 0.05) is 18.1 Å². The van der Waals surface area contributed by atoms with Crippen molar-refractivity contribution in [3.8, 4) is 11.5 Å². The molecule has 2 aliphatic rings. The number of rotatable bonds is 12. The second-order valence-corrected chi connectivity index (χ2v) is 12.1. The lowest BCUT2D eigenvalue weighted by atomic mass is 9.53. The van der Waals surface area contributed by atoms with Gasteiger partial charge in [-0.25, -0.2) is 0 Å². The first-order valence-corrected chi connectivity index (χ1v) is 14.5. The predicted molar refractivity (Wildman–Crippen MR) is 147 cm³/mol. The van der Waals surface area contributed by atoms with Crippen LogP contribution in [0.1, 0.15) is 85.3 Å². The average Bonchev–Trinajstić information content (AvgIpc) is 3.20.